The third-order valence-corrected chi connectivity index (χ3v) is 4.29. The van der Waals surface area contributed by atoms with Crippen molar-refractivity contribution in [3.05, 3.63) is 77.9 Å². The normalized spacial score (nSPS) is 11.8. The summed E-state index contributed by atoms with van der Waals surface area (Å²) in [4.78, 5) is 0. The molecule has 0 spiro atoms. The minimum absolute atomic E-state index is 0.661. The van der Waals surface area contributed by atoms with Crippen LogP contribution >= 0.6 is 0 Å². The van der Waals surface area contributed by atoms with Gasteiger partial charge >= 0.3 is 6.18 Å². The molecule has 0 atom stereocenters. The summed E-state index contributed by atoms with van der Waals surface area (Å²) in [6, 6.07) is 18.6. The number of fused-ring (bicyclic) bond motifs is 3. The lowest BCUT2D eigenvalue weighted by molar-refractivity contribution is -0.137. The fourth-order valence-corrected chi connectivity index (χ4v) is 3.14. The largest absolute Gasteiger partial charge is 0.416 e. The summed E-state index contributed by atoms with van der Waals surface area (Å²) in [5.41, 5.74) is 2.61. The zero-order valence-electron chi connectivity index (χ0n) is 13.0. The highest BCUT2D eigenvalue weighted by Crippen LogP contribution is 2.34. The molecule has 0 unspecified atom stereocenters. The number of hydrogen-bond donors (Lipinski definition) is 0. The van der Waals surface area contributed by atoms with Gasteiger partial charge in [0.15, 0.2) is 0 Å². The van der Waals surface area contributed by atoms with Crippen molar-refractivity contribution in [3.8, 4) is 18.0 Å². The maximum absolute atomic E-state index is 12.8. The van der Waals surface area contributed by atoms with Crippen molar-refractivity contribution in [2.24, 2.45) is 0 Å². The molecule has 1 aromatic heterocycles. The fraction of sp³-hybridized carbons (Fsp3) is 0.0476. The van der Waals surface area contributed by atoms with E-state index in [0.717, 1.165) is 39.5 Å². The first kappa shape index (κ1) is 15.3. The van der Waals surface area contributed by atoms with Crippen LogP contribution in [0.4, 0.5) is 13.2 Å². The Bertz CT molecular complexity index is 1130. The van der Waals surface area contributed by atoms with Crippen molar-refractivity contribution in [1.29, 1.82) is 0 Å². The predicted octanol–water partition coefficient (Wildman–Crippen LogP) is 5.78. The van der Waals surface area contributed by atoms with Crippen molar-refractivity contribution in [2.45, 2.75) is 6.18 Å². The molecule has 3 aromatic carbocycles. The van der Waals surface area contributed by atoms with Gasteiger partial charge in [0.1, 0.15) is 0 Å². The van der Waals surface area contributed by atoms with Gasteiger partial charge < -0.3 is 4.57 Å². The van der Waals surface area contributed by atoms with E-state index in [-0.39, 0.29) is 0 Å². The molecule has 0 aliphatic rings. The molecule has 4 aromatic rings. The summed E-state index contributed by atoms with van der Waals surface area (Å²) < 4.78 is 40.4. The number of hydrogen-bond acceptors (Lipinski definition) is 0. The minimum atomic E-state index is -4.35. The summed E-state index contributed by atoms with van der Waals surface area (Å²) in [6.45, 7) is 0. The highest BCUT2D eigenvalue weighted by molar-refractivity contribution is 6.09. The van der Waals surface area contributed by atoms with Gasteiger partial charge in [0, 0.05) is 22.0 Å². The van der Waals surface area contributed by atoms with Crippen LogP contribution in [0.3, 0.4) is 0 Å². The first-order chi connectivity index (χ1) is 12.0. The van der Waals surface area contributed by atoms with Crippen LogP contribution in [0.2, 0.25) is 0 Å². The number of benzene rings is 3. The lowest BCUT2D eigenvalue weighted by atomic mass is 10.1. The Morgan fingerprint density at radius 3 is 2.16 bits per heavy atom. The lowest BCUT2D eigenvalue weighted by Gasteiger charge is -2.10. The van der Waals surface area contributed by atoms with Gasteiger partial charge in [-0.25, -0.2) is 0 Å². The summed E-state index contributed by atoms with van der Waals surface area (Å²) in [5, 5.41) is 1.99. The van der Waals surface area contributed by atoms with E-state index in [2.05, 4.69) is 5.92 Å². The molecular weight excluding hydrogens is 323 g/mol. The average Bonchev–Trinajstić information content (AvgIpc) is 2.94. The number of nitrogens with zero attached hydrogens (tertiary/aromatic N) is 1. The monoisotopic (exact) mass is 335 g/mol. The summed E-state index contributed by atoms with van der Waals surface area (Å²) in [6.07, 6.45) is 1.15. The highest BCUT2D eigenvalue weighted by atomic mass is 19.4. The molecule has 1 heterocycles. The van der Waals surface area contributed by atoms with E-state index in [0.29, 0.717) is 5.69 Å². The number of alkyl halides is 3. The van der Waals surface area contributed by atoms with E-state index in [9.17, 15) is 13.2 Å². The van der Waals surface area contributed by atoms with Gasteiger partial charge in [0.25, 0.3) is 0 Å². The number of aromatic nitrogens is 1. The van der Waals surface area contributed by atoms with Crippen molar-refractivity contribution >= 4 is 21.8 Å². The molecule has 0 radical (unpaired) electrons. The van der Waals surface area contributed by atoms with E-state index < -0.39 is 11.7 Å². The van der Waals surface area contributed by atoms with Crippen LogP contribution in [-0.4, -0.2) is 4.57 Å². The molecular formula is C21H12F3N. The lowest BCUT2D eigenvalue weighted by Crippen LogP contribution is -2.05. The van der Waals surface area contributed by atoms with Gasteiger partial charge in [-0.3, -0.25) is 0 Å². The summed E-state index contributed by atoms with van der Waals surface area (Å²) in [5.74, 6) is 2.62. The van der Waals surface area contributed by atoms with Crippen molar-refractivity contribution in [1.82, 2.24) is 4.57 Å². The molecule has 0 aliphatic heterocycles. The molecule has 0 saturated carbocycles. The Balaban J connectivity index is 2.02. The van der Waals surface area contributed by atoms with Crippen LogP contribution in [0.1, 0.15) is 11.1 Å². The van der Waals surface area contributed by atoms with E-state index in [1.54, 1.807) is 0 Å². The van der Waals surface area contributed by atoms with Crippen LogP contribution in [0.15, 0.2) is 66.7 Å². The third-order valence-electron chi connectivity index (χ3n) is 4.29. The smallest absolute Gasteiger partial charge is 0.309 e. The zero-order valence-corrected chi connectivity index (χ0v) is 13.0. The molecule has 4 rings (SSSR count). The molecule has 1 nitrogen and oxygen atoms in total. The van der Waals surface area contributed by atoms with Crippen molar-refractivity contribution in [2.75, 3.05) is 0 Å². The molecule has 0 saturated heterocycles. The molecule has 4 heteroatoms. The molecule has 0 bridgehead atoms. The molecule has 0 aliphatic carbocycles. The van der Waals surface area contributed by atoms with Crippen LogP contribution in [0.5, 0.6) is 0 Å². The second-order valence-electron chi connectivity index (χ2n) is 5.77. The van der Waals surface area contributed by atoms with Gasteiger partial charge in [-0.1, -0.05) is 24.1 Å². The zero-order chi connectivity index (χ0) is 17.6. The Labute approximate surface area is 142 Å². The second kappa shape index (κ2) is 5.42. The van der Waals surface area contributed by atoms with Gasteiger partial charge in [0.05, 0.1) is 16.6 Å². The maximum atomic E-state index is 12.8. The van der Waals surface area contributed by atoms with Crippen molar-refractivity contribution < 1.29 is 13.2 Å². The van der Waals surface area contributed by atoms with E-state index >= 15 is 0 Å². The summed E-state index contributed by atoms with van der Waals surface area (Å²) >= 11 is 0. The number of para-hydroxylation sites is 1. The Kier molecular flexibility index (Phi) is 3.33. The number of rotatable bonds is 1. The quantitative estimate of drug-likeness (QED) is 0.388. The summed E-state index contributed by atoms with van der Waals surface area (Å²) in [7, 11) is 0. The van der Waals surface area contributed by atoms with Crippen LogP contribution in [0.25, 0.3) is 27.5 Å². The number of terminal acetylenes is 1. The predicted molar refractivity (Wildman–Crippen MR) is 93.7 cm³/mol. The molecule has 0 N–H and O–H groups in total. The average molecular weight is 335 g/mol. The first-order valence-electron chi connectivity index (χ1n) is 7.66. The van der Waals surface area contributed by atoms with Crippen molar-refractivity contribution in [3.63, 3.8) is 0 Å². The van der Waals surface area contributed by atoms with E-state index in [1.165, 1.54) is 12.1 Å². The van der Waals surface area contributed by atoms with E-state index in [4.69, 9.17) is 6.42 Å². The topological polar surface area (TPSA) is 4.93 Å². The highest BCUT2D eigenvalue weighted by Gasteiger charge is 2.30. The third kappa shape index (κ3) is 2.45. The molecule has 0 fully saturated rings. The maximum Gasteiger partial charge on any atom is 0.416 e. The van der Waals surface area contributed by atoms with Gasteiger partial charge in [-0.2, -0.15) is 13.2 Å². The first-order valence-corrected chi connectivity index (χ1v) is 7.66. The van der Waals surface area contributed by atoms with Gasteiger partial charge in [-0.15, -0.1) is 6.42 Å². The molecule has 25 heavy (non-hydrogen) atoms. The SMILES string of the molecule is C#Cc1ccc2c(c1)c1ccccc1n2-c1ccc(C(F)(F)F)cc1. The van der Waals surface area contributed by atoms with Gasteiger partial charge in [-0.05, 0) is 48.5 Å². The second-order valence-corrected chi connectivity index (χ2v) is 5.77. The Hall–Kier alpha value is -3.19. The van der Waals surface area contributed by atoms with E-state index in [1.807, 2.05) is 47.0 Å². The van der Waals surface area contributed by atoms with Crippen LogP contribution in [0, 0.1) is 12.3 Å². The molecule has 122 valence electrons. The minimum Gasteiger partial charge on any atom is -0.309 e. The van der Waals surface area contributed by atoms with Crippen LogP contribution in [-0.2, 0) is 6.18 Å². The standard InChI is InChI=1S/C21H12F3N/c1-2-14-7-12-20-18(13-14)17-5-3-4-6-19(17)25(20)16-10-8-15(9-11-16)21(22,23)24/h1,3-13H. The Morgan fingerprint density at radius 1 is 0.800 bits per heavy atom. The number of halogens is 3. The van der Waals surface area contributed by atoms with Gasteiger partial charge in [0.2, 0.25) is 0 Å². The molecule has 0 amide bonds. The van der Waals surface area contributed by atoms with Crippen LogP contribution < -0.4 is 0 Å². The Morgan fingerprint density at radius 2 is 1.48 bits per heavy atom. The fourth-order valence-electron chi connectivity index (χ4n) is 3.14.